The highest BCUT2D eigenvalue weighted by Gasteiger charge is 2.51. The molecule has 2 rings (SSSR count). The molecule has 90 valence electrons. The number of nitrogens with one attached hydrogen (secondary N) is 2. The second kappa shape index (κ2) is 3.54. The van der Waals surface area contributed by atoms with Gasteiger partial charge in [-0.25, -0.2) is 9.59 Å². The van der Waals surface area contributed by atoms with Crippen LogP contribution in [0, 0.1) is 0 Å². The molecule has 16 heavy (non-hydrogen) atoms. The third-order valence-electron chi connectivity index (χ3n) is 3.02. The zero-order chi connectivity index (χ0) is 12.0. The van der Waals surface area contributed by atoms with Gasteiger partial charge in [-0.1, -0.05) is 0 Å². The molecule has 0 aromatic heterocycles. The zero-order valence-corrected chi connectivity index (χ0v) is 10.0. The Labute approximate surface area is 95.0 Å². The minimum atomic E-state index is -0.248. The number of carbonyl (C=O) groups is 2. The van der Waals surface area contributed by atoms with Gasteiger partial charge in [0.25, 0.3) is 0 Å². The fourth-order valence-electron chi connectivity index (χ4n) is 2.37. The quantitative estimate of drug-likeness (QED) is 0.720. The van der Waals surface area contributed by atoms with Gasteiger partial charge < -0.3 is 10.6 Å². The van der Waals surface area contributed by atoms with E-state index in [1.54, 1.807) is 9.80 Å². The van der Waals surface area contributed by atoms with E-state index in [4.69, 9.17) is 0 Å². The van der Waals surface area contributed by atoms with E-state index in [0.717, 1.165) is 0 Å². The molecule has 6 nitrogen and oxygen atoms in total. The van der Waals surface area contributed by atoms with Gasteiger partial charge in [-0.2, -0.15) is 0 Å². The number of hydrogen-bond donors (Lipinski definition) is 2. The molecule has 0 bridgehead atoms. The van der Waals surface area contributed by atoms with Crippen LogP contribution < -0.4 is 10.6 Å². The molecule has 0 aromatic carbocycles. The molecule has 4 amide bonds. The van der Waals surface area contributed by atoms with E-state index < -0.39 is 0 Å². The molecule has 0 aliphatic carbocycles. The molecule has 0 saturated carbocycles. The van der Waals surface area contributed by atoms with E-state index in [1.807, 2.05) is 27.7 Å². The van der Waals surface area contributed by atoms with Crippen LogP contribution in [0.15, 0.2) is 0 Å². The molecular formula is C10H18N4O2. The summed E-state index contributed by atoms with van der Waals surface area (Å²) in [7, 11) is 0. The first-order valence-corrected chi connectivity index (χ1v) is 5.61. The average Bonchev–Trinajstić information content (AvgIpc) is 2.55. The SMILES string of the molecule is CC(C)N1C(=O)N[C@H]2[C@H]1NC(=O)N2C(C)C. The summed E-state index contributed by atoms with van der Waals surface area (Å²) in [5, 5.41) is 5.68. The molecule has 6 heteroatoms. The zero-order valence-electron chi connectivity index (χ0n) is 10.0. The fourth-order valence-corrected chi connectivity index (χ4v) is 2.37. The lowest BCUT2D eigenvalue weighted by molar-refractivity contribution is 0.166. The second-order valence-electron chi connectivity index (χ2n) is 4.79. The molecule has 0 aromatic rings. The van der Waals surface area contributed by atoms with Crippen LogP contribution in [0.25, 0.3) is 0 Å². The lowest BCUT2D eigenvalue weighted by Crippen LogP contribution is -2.46. The Morgan fingerprint density at radius 2 is 1.19 bits per heavy atom. The summed E-state index contributed by atoms with van der Waals surface area (Å²) >= 11 is 0. The maximum atomic E-state index is 11.7. The van der Waals surface area contributed by atoms with Gasteiger partial charge in [-0.05, 0) is 27.7 Å². The summed E-state index contributed by atoms with van der Waals surface area (Å²) in [6.07, 6.45) is -0.496. The summed E-state index contributed by atoms with van der Waals surface area (Å²) in [6.45, 7) is 7.75. The van der Waals surface area contributed by atoms with Gasteiger partial charge in [0.2, 0.25) is 0 Å². The topological polar surface area (TPSA) is 64.7 Å². The molecule has 2 heterocycles. The van der Waals surface area contributed by atoms with Crippen molar-refractivity contribution in [3.8, 4) is 0 Å². The van der Waals surface area contributed by atoms with Gasteiger partial charge in [-0.15, -0.1) is 0 Å². The Kier molecular flexibility index (Phi) is 2.44. The van der Waals surface area contributed by atoms with Crippen molar-refractivity contribution in [1.82, 2.24) is 20.4 Å². The second-order valence-corrected chi connectivity index (χ2v) is 4.79. The van der Waals surface area contributed by atoms with Crippen LogP contribution in [0.1, 0.15) is 27.7 Å². The molecule has 2 aliphatic rings. The van der Waals surface area contributed by atoms with Gasteiger partial charge in [0, 0.05) is 12.1 Å². The molecular weight excluding hydrogens is 208 g/mol. The Morgan fingerprint density at radius 1 is 0.875 bits per heavy atom. The van der Waals surface area contributed by atoms with E-state index in [-0.39, 0.29) is 36.5 Å². The number of fused-ring (bicyclic) bond motifs is 1. The van der Waals surface area contributed by atoms with Crippen molar-refractivity contribution in [3.05, 3.63) is 0 Å². The van der Waals surface area contributed by atoms with Crippen LogP contribution in [0.5, 0.6) is 0 Å². The van der Waals surface area contributed by atoms with Gasteiger partial charge in [0.15, 0.2) is 0 Å². The molecule has 2 atom stereocenters. The number of nitrogens with zero attached hydrogens (tertiary/aromatic N) is 2. The van der Waals surface area contributed by atoms with Crippen molar-refractivity contribution in [2.75, 3.05) is 0 Å². The Morgan fingerprint density at radius 3 is 1.44 bits per heavy atom. The van der Waals surface area contributed by atoms with Crippen LogP contribution in [-0.4, -0.2) is 46.3 Å². The normalized spacial score (nSPS) is 28.9. The van der Waals surface area contributed by atoms with Crippen LogP contribution >= 0.6 is 0 Å². The monoisotopic (exact) mass is 226 g/mol. The van der Waals surface area contributed by atoms with Gasteiger partial charge in [0.05, 0.1) is 0 Å². The number of urea groups is 2. The molecule has 2 saturated heterocycles. The first-order valence-electron chi connectivity index (χ1n) is 5.61. The van der Waals surface area contributed by atoms with E-state index >= 15 is 0 Å². The van der Waals surface area contributed by atoms with Gasteiger partial charge in [-0.3, -0.25) is 9.80 Å². The summed E-state index contributed by atoms with van der Waals surface area (Å²) in [5.41, 5.74) is 0. The number of amides is 4. The van der Waals surface area contributed by atoms with E-state index in [2.05, 4.69) is 10.6 Å². The van der Waals surface area contributed by atoms with Crippen LogP contribution in [0.3, 0.4) is 0 Å². The highest BCUT2D eigenvalue weighted by Crippen LogP contribution is 2.24. The van der Waals surface area contributed by atoms with E-state index in [1.165, 1.54) is 0 Å². The molecule has 0 radical (unpaired) electrons. The third kappa shape index (κ3) is 1.40. The van der Waals surface area contributed by atoms with Crippen molar-refractivity contribution in [1.29, 1.82) is 0 Å². The standard InChI is InChI=1S/C10H18N4O2/c1-5(2)13-7-8(12-9(13)15)14(6(3)4)10(16)11-7/h5-8H,1-4H3,(H,11,16)(H,12,15)/t7-,8+. The highest BCUT2D eigenvalue weighted by atomic mass is 16.2. The number of carbonyl (C=O) groups excluding carboxylic acids is 2. The van der Waals surface area contributed by atoms with Crippen LogP contribution in [0.4, 0.5) is 9.59 Å². The summed E-state index contributed by atoms with van der Waals surface area (Å²) < 4.78 is 0. The predicted octanol–water partition coefficient (Wildman–Crippen LogP) is 0.506. The minimum Gasteiger partial charge on any atom is -0.314 e. The smallest absolute Gasteiger partial charge is 0.314 e. The van der Waals surface area contributed by atoms with Crippen molar-refractivity contribution in [2.45, 2.75) is 52.1 Å². The number of hydrogen-bond acceptors (Lipinski definition) is 2. The van der Waals surface area contributed by atoms with Crippen LogP contribution in [0.2, 0.25) is 0 Å². The summed E-state index contributed by atoms with van der Waals surface area (Å²) in [5.74, 6) is 0. The van der Waals surface area contributed by atoms with Crippen LogP contribution in [-0.2, 0) is 0 Å². The van der Waals surface area contributed by atoms with Crippen molar-refractivity contribution < 1.29 is 9.59 Å². The predicted molar refractivity (Wildman–Crippen MR) is 58.6 cm³/mol. The summed E-state index contributed by atoms with van der Waals surface area (Å²) in [4.78, 5) is 26.8. The third-order valence-corrected chi connectivity index (χ3v) is 3.02. The average molecular weight is 226 g/mol. The van der Waals surface area contributed by atoms with Crippen molar-refractivity contribution >= 4 is 12.1 Å². The molecule has 0 unspecified atom stereocenters. The Balaban J connectivity index is 2.25. The van der Waals surface area contributed by atoms with E-state index in [9.17, 15) is 9.59 Å². The fraction of sp³-hybridized carbons (Fsp3) is 0.800. The van der Waals surface area contributed by atoms with E-state index in [0.29, 0.717) is 0 Å². The molecule has 2 N–H and O–H groups in total. The maximum Gasteiger partial charge on any atom is 0.321 e. The largest absolute Gasteiger partial charge is 0.321 e. The number of rotatable bonds is 2. The Hall–Kier alpha value is -1.46. The highest BCUT2D eigenvalue weighted by molar-refractivity contribution is 5.85. The first kappa shape index (κ1) is 11.0. The first-order chi connectivity index (χ1) is 7.43. The lowest BCUT2D eigenvalue weighted by Gasteiger charge is -2.26. The minimum absolute atomic E-state index is 0.0717. The molecule has 0 spiro atoms. The molecule has 2 fully saturated rings. The maximum absolute atomic E-state index is 11.7. The Bertz CT molecular complexity index is 297. The van der Waals surface area contributed by atoms with Crippen molar-refractivity contribution in [2.24, 2.45) is 0 Å². The summed E-state index contributed by atoms with van der Waals surface area (Å²) in [6, 6.07) is -0.0869. The molecule has 2 aliphatic heterocycles. The van der Waals surface area contributed by atoms with Crippen molar-refractivity contribution in [3.63, 3.8) is 0 Å². The van der Waals surface area contributed by atoms with Gasteiger partial charge in [0.1, 0.15) is 12.3 Å². The lowest BCUT2D eigenvalue weighted by atomic mass is 10.2. The van der Waals surface area contributed by atoms with Gasteiger partial charge >= 0.3 is 12.1 Å².